The van der Waals surface area contributed by atoms with Gasteiger partial charge in [-0.2, -0.15) is 5.26 Å². The van der Waals surface area contributed by atoms with Crippen molar-refractivity contribution in [1.82, 2.24) is 0 Å². The smallest absolute Gasteiger partial charge is 0.0991 e. The number of rotatable bonds is 2. The second-order valence-corrected chi connectivity index (χ2v) is 4.03. The van der Waals surface area contributed by atoms with Crippen LogP contribution in [-0.4, -0.2) is 12.1 Å². The Balaban J connectivity index is 2.02. The number of anilines is 1. The highest BCUT2D eigenvalue weighted by Crippen LogP contribution is 2.21. The normalized spacial score (nSPS) is 24.8. The van der Waals surface area contributed by atoms with E-state index in [1.807, 2.05) is 24.3 Å². The van der Waals surface area contributed by atoms with Crippen LogP contribution in [0.4, 0.5) is 5.69 Å². The zero-order chi connectivity index (χ0) is 10.7. The fourth-order valence-corrected chi connectivity index (χ4v) is 2.02. The molecular weight excluding hydrogens is 186 g/mol. The monoisotopic (exact) mass is 201 g/mol. The van der Waals surface area contributed by atoms with Gasteiger partial charge in [0.15, 0.2) is 0 Å². The van der Waals surface area contributed by atoms with Crippen molar-refractivity contribution >= 4 is 5.69 Å². The molecule has 15 heavy (non-hydrogen) atoms. The van der Waals surface area contributed by atoms with E-state index in [4.69, 9.17) is 11.0 Å². The lowest BCUT2D eigenvalue weighted by atomic mass is 10.1. The summed E-state index contributed by atoms with van der Waals surface area (Å²) in [5, 5.41) is 12.1. The molecule has 3 nitrogen and oxygen atoms in total. The molecule has 78 valence electrons. The number of nitrogens with two attached hydrogens (primary N) is 1. The third kappa shape index (κ3) is 2.28. The van der Waals surface area contributed by atoms with Crippen LogP contribution in [0.25, 0.3) is 0 Å². The lowest BCUT2D eigenvalue weighted by Gasteiger charge is -2.18. The molecule has 1 saturated carbocycles. The van der Waals surface area contributed by atoms with Crippen molar-refractivity contribution in [3.05, 3.63) is 29.8 Å². The SMILES string of the molecule is N#Cc1ccc(NC2CCCC2N)cc1. The van der Waals surface area contributed by atoms with E-state index in [0.717, 1.165) is 18.5 Å². The van der Waals surface area contributed by atoms with Crippen LogP contribution in [0.15, 0.2) is 24.3 Å². The molecule has 3 N–H and O–H groups in total. The predicted octanol–water partition coefficient (Wildman–Crippen LogP) is 1.85. The van der Waals surface area contributed by atoms with Gasteiger partial charge in [0.25, 0.3) is 0 Å². The topological polar surface area (TPSA) is 61.8 Å². The van der Waals surface area contributed by atoms with Crippen molar-refractivity contribution in [2.24, 2.45) is 5.73 Å². The number of hydrogen-bond acceptors (Lipinski definition) is 3. The van der Waals surface area contributed by atoms with Gasteiger partial charge in [-0.1, -0.05) is 0 Å². The minimum Gasteiger partial charge on any atom is -0.381 e. The second kappa shape index (κ2) is 4.33. The Kier molecular flexibility index (Phi) is 2.89. The summed E-state index contributed by atoms with van der Waals surface area (Å²) in [6, 6.07) is 10.3. The van der Waals surface area contributed by atoms with Crippen molar-refractivity contribution in [2.45, 2.75) is 31.3 Å². The van der Waals surface area contributed by atoms with Crippen LogP contribution in [0.2, 0.25) is 0 Å². The predicted molar refractivity (Wildman–Crippen MR) is 60.4 cm³/mol. The number of nitriles is 1. The first kappa shape index (κ1) is 10.0. The molecule has 1 aliphatic rings. The molecule has 1 aromatic carbocycles. The molecule has 0 bridgehead atoms. The van der Waals surface area contributed by atoms with E-state index in [-0.39, 0.29) is 6.04 Å². The molecule has 0 aromatic heterocycles. The maximum absolute atomic E-state index is 8.66. The highest BCUT2D eigenvalue weighted by atomic mass is 15.0. The average molecular weight is 201 g/mol. The van der Waals surface area contributed by atoms with Gasteiger partial charge in [0, 0.05) is 17.8 Å². The van der Waals surface area contributed by atoms with Crippen LogP contribution in [0.3, 0.4) is 0 Å². The summed E-state index contributed by atoms with van der Waals surface area (Å²) in [4.78, 5) is 0. The Morgan fingerprint density at radius 1 is 1.27 bits per heavy atom. The molecule has 0 spiro atoms. The van der Waals surface area contributed by atoms with Gasteiger partial charge in [0.2, 0.25) is 0 Å². The molecule has 0 radical (unpaired) electrons. The molecule has 2 unspecified atom stereocenters. The standard InChI is InChI=1S/C12H15N3/c13-8-9-4-6-10(7-5-9)15-12-3-1-2-11(12)14/h4-7,11-12,15H,1-3,14H2. The number of nitrogens with zero attached hydrogens (tertiary/aromatic N) is 1. The van der Waals surface area contributed by atoms with Gasteiger partial charge in [0.05, 0.1) is 11.6 Å². The van der Waals surface area contributed by atoms with Crippen LogP contribution in [-0.2, 0) is 0 Å². The van der Waals surface area contributed by atoms with E-state index < -0.39 is 0 Å². The number of nitrogens with one attached hydrogen (secondary N) is 1. The summed E-state index contributed by atoms with van der Waals surface area (Å²) in [5.41, 5.74) is 7.71. The van der Waals surface area contributed by atoms with Crippen molar-refractivity contribution in [2.75, 3.05) is 5.32 Å². The van der Waals surface area contributed by atoms with Gasteiger partial charge >= 0.3 is 0 Å². The van der Waals surface area contributed by atoms with Crippen LogP contribution >= 0.6 is 0 Å². The molecule has 1 aliphatic carbocycles. The largest absolute Gasteiger partial charge is 0.381 e. The van der Waals surface area contributed by atoms with Gasteiger partial charge in [0.1, 0.15) is 0 Å². The summed E-state index contributed by atoms with van der Waals surface area (Å²) in [5.74, 6) is 0. The summed E-state index contributed by atoms with van der Waals surface area (Å²) < 4.78 is 0. The third-order valence-electron chi connectivity index (χ3n) is 2.94. The Morgan fingerprint density at radius 2 is 2.00 bits per heavy atom. The fourth-order valence-electron chi connectivity index (χ4n) is 2.02. The summed E-state index contributed by atoms with van der Waals surface area (Å²) in [6.07, 6.45) is 3.45. The van der Waals surface area contributed by atoms with Crippen molar-refractivity contribution < 1.29 is 0 Å². The van der Waals surface area contributed by atoms with Crippen LogP contribution in [0, 0.1) is 11.3 Å². The summed E-state index contributed by atoms with van der Waals surface area (Å²) >= 11 is 0. The zero-order valence-corrected chi connectivity index (χ0v) is 8.61. The molecule has 1 aromatic rings. The van der Waals surface area contributed by atoms with Gasteiger partial charge in [-0.3, -0.25) is 0 Å². The minimum atomic E-state index is 0.264. The Labute approximate surface area is 89.9 Å². The maximum atomic E-state index is 8.66. The molecule has 2 rings (SSSR count). The fraction of sp³-hybridized carbons (Fsp3) is 0.417. The quantitative estimate of drug-likeness (QED) is 0.767. The average Bonchev–Trinajstić information content (AvgIpc) is 2.66. The van der Waals surface area contributed by atoms with Crippen molar-refractivity contribution in [3.63, 3.8) is 0 Å². The first-order valence-electron chi connectivity index (χ1n) is 5.32. The van der Waals surface area contributed by atoms with E-state index >= 15 is 0 Å². The summed E-state index contributed by atoms with van der Waals surface area (Å²) in [7, 11) is 0. The number of hydrogen-bond donors (Lipinski definition) is 2. The van der Waals surface area contributed by atoms with Crippen LogP contribution < -0.4 is 11.1 Å². The Morgan fingerprint density at radius 3 is 2.53 bits per heavy atom. The Bertz CT molecular complexity index is 363. The van der Waals surface area contributed by atoms with E-state index in [2.05, 4.69) is 11.4 Å². The molecular formula is C12H15N3. The first-order valence-corrected chi connectivity index (χ1v) is 5.32. The molecule has 0 aliphatic heterocycles. The molecule has 0 heterocycles. The van der Waals surface area contributed by atoms with Gasteiger partial charge in [-0.25, -0.2) is 0 Å². The lowest BCUT2D eigenvalue weighted by Crippen LogP contribution is -2.35. The highest BCUT2D eigenvalue weighted by molar-refractivity contribution is 5.48. The van der Waals surface area contributed by atoms with E-state index in [0.29, 0.717) is 11.6 Å². The molecule has 0 amide bonds. The van der Waals surface area contributed by atoms with Crippen molar-refractivity contribution in [3.8, 4) is 6.07 Å². The van der Waals surface area contributed by atoms with Gasteiger partial charge in [-0.05, 0) is 43.5 Å². The second-order valence-electron chi connectivity index (χ2n) is 4.03. The Hall–Kier alpha value is -1.53. The van der Waals surface area contributed by atoms with Crippen molar-refractivity contribution in [1.29, 1.82) is 5.26 Å². The third-order valence-corrected chi connectivity index (χ3v) is 2.94. The molecule has 2 atom stereocenters. The molecule has 3 heteroatoms. The van der Waals surface area contributed by atoms with Crippen LogP contribution in [0.5, 0.6) is 0 Å². The minimum absolute atomic E-state index is 0.264. The van der Waals surface area contributed by atoms with E-state index in [1.54, 1.807) is 0 Å². The van der Waals surface area contributed by atoms with Gasteiger partial charge < -0.3 is 11.1 Å². The molecule has 0 saturated heterocycles. The number of benzene rings is 1. The van der Waals surface area contributed by atoms with Crippen LogP contribution in [0.1, 0.15) is 24.8 Å². The van der Waals surface area contributed by atoms with E-state index in [9.17, 15) is 0 Å². The van der Waals surface area contributed by atoms with Gasteiger partial charge in [-0.15, -0.1) is 0 Å². The maximum Gasteiger partial charge on any atom is 0.0991 e. The molecule has 1 fully saturated rings. The zero-order valence-electron chi connectivity index (χ0n) is 8.61. The first-order chi connectivity index (χ1) is 7.29. The summed E-state index contributed by atoms with van der Waals surface area (Å²) in [6.45, 7) is 0. The highest BCUT2D eigenvalue weighted by Gasteiger charge is 2.23. The van der Waals surface area contributed by atoms with E-state index in [1.165, 1.54) is 6.42 Å². The lowest BCUT2D eigenvalue weighted by molar-refractivity contribution is 0.638.